The van der Waals surface area contributed by atoms with E-state index in [1.807, 2.05) is 44.2 Å². The summed E-state index contributed by atoms with van der Waals surface area (Å²) in [4.78, 5) is 37.4. The Morgan fingerprint density at radius 3 is 2.51 bits per heavy atom. The molecule has 4 rings (SSSR count). The van der Waals surface area contributed by atoms with Crippen molar-refractivity contribution in [3.05, 3.63) is 95.9 Å². The number of rotatable bonds is 11. The van der Waals surface area contributed by atoms with Crippen LogP contribution in [0.1, 0.15) is 23.6 Å². The van der Waals surface area contributed by atoms with E-state index < -0.39 is 4.92 Å². The van der Waals surface area contributed by atoms with Gasteiger partial charge >= 0.3 is 0 Å². The first-order chi connectivity index (χ1) is 18.7. The Morgan fingerprint density at radius 2 is 1.82 bits per heavy atom. The maximum atomic E-state index is 13.0. The SMILES string of the molecule is CCOc1cc(/C=C2\SC(=O)N(CCOc3cccc(C)c3)C2=O)cc(I)c1OCc1ccc([N+](=O)[O-])cc1. The summed E-state index contributed by atoms with van der Waals surface area (Å²) in [7, 11) is 0. The lowest BCUT2D eigenvalue weighted by molar-refractivity contribution is -0.384. The van der Waals surface area contributed by atoms with Gasteiger partial charge in [-0.3, -0.25) is 24.6 Å². The van der Waals surface area contributed by atoms with E-state index in [9.17, 15) is 19.7 Å². The van der Waals surface area contributed by atoms with Crippen LogP contribution in [0.4, 0.5) is 10.5 Å². The second kappa shape index (κ2) is 13.0. The van der Waals surface area contributed by atoms with Crippen molar-refractivity contribution in [3.8, 4) is 17.2 Å². The zero-order valence-corrected chi connectivity index (χ0v) is 24.2. The molecule has 0 N–H and O–H groups in total. The number of carbonyl (C=O) groups is 2. The molecule has 0 radical (unpaired) electrons. The number of amides is 2. The third kappa shape index (κ3) is 7.30. The Balaban J connectivity index is 1.45. The number of halogens is 1. The van der Waals surface area contributed by atoms with Gasteiger partial charge in [-0.15, -0.1) is 0 Å². The normalized spacial score (nSPS) is 14.1. The van der Waals surface area contributed by atoms with Crippen molar-refractivity contribution in [1.29, 1.82) is 0 Å². The van der Waals surface area contributed by atoms with Crippen LogP contribution in [0.25, 0.3) is 6.08 Å². The predicted octanol–water partition coefficient (Wildman–Crippen LogP) is 6.60. The molecule has 1 aliphatic rings. The highest BCUT2D eigenvalue weighted by Gasteiger charge is 2.35. The molecule has 9 nitrogen and oxygen atoms in total. The van der Waals surface area contributed by atoms with E-state index >= 15 is 0 Å². The number of non-ortho nitro benzene ring substituents is 1. The van der Waals surface area contributed by atoms with Crippen LogP contribution < -0.4 is 14.2 Å². The van der Waals surface area contributed by atoms with Gasteiger partial charge < -0.3 is 14.2 Å². The number of nitro benzene ring substituents is 1. The highest BCUT2D eigenvalue weighted by atomic mass is 127. The Hall–Kier alpha value is -3.58. The molecule has 1 heterocycles. The second-order valence-electron chi connectivity index (χ2n) is 8.47. The van der Waals surface area contributed by atoms with Crippen LogP contribution in [-0.2, 0) is 11.4 Å². The Morgan fingerprint density at radius 1 is 1.05 bits per heavy atom. The van der Waals surface area contributed by atoms with Crippen LogP contribution in [0, 0.1) is 20.6 Å². The van der Waals surface area contributed by atoms with Crippen molar-refractivity contribution < 1.29 is 28.7 Å². The maximum Gasteiger partial charge on any atom is 0.293 e. The third-order valence-electron chi connectivity index (χ3n) is 5.61. The number of aryl methyl sites for hydroxylation is 1. The number of ether oxygens (including phenoxy) is 3. The second-order valence-corrected chi connectivity index (χ2v) is 10.6. The van der Waals surface area contributed by atoms with Gasteiger partial charge in [0.25, 0.3) is 16.8 Å². The fourth-order valence-corrected chi connectivity index (χ4v) is 5.39. The predicted molar refractivity (Wildman–Crippen MR) is 157 cm³/mol. The van der Waals surface area contributed by atoms with Crippen LogP contribution in [0.2, 0.25) is 0 Å². The molecule has 0 bridgehead atoms. The van der Waals surface area contributed by atoms with Crippen LogP contribution in [0.15, 0.2) is 65.6 Å². The van der Waals surface area contributed by atoms with Gasteiger partial charge in [0.1, 0.15) is 19.0 Å². The molecule has 3 aromatic rings. The molecule has 0 aliphatic carbocycles. The smallest absolute Gasteiger partial charge is 0.293 e. The molecular weight excluding hydrogens is 635 g/mol. The first-order valence-corrected chi connectivity index (χ1v) is 13.9. The largest absolute Gasteiger partial charge is 0.492 e. The van der Waals surface area contributed by atoms with E-state index in [1.54, 1.807) is 24.3 Å². The lowest BCUT2D eigenvalue weighted by Crippen LogP contribution is -2.32. The quantitative estimate of drug-likeness (QED) is 0.0980. The maximum absolute atomic E-state index is 13.0. The summed E-state index contributed by atoms with van der Waals surface area (Å²) < 4.78 is 18.3. The van der Waals surface area contributed by atoms with Crippen molar-refractivity contribution in [2.75, 3.05) is 19.8 Å². The van der Waals surface area contributed by atoms with E-state index in [-0.39, 0.29) is 36.6 Å². The minimum Gasteiger partial charge on any atom is -0.492 e. The molecule has 1 aliphatic heterocycles. The number of benzene rings is 3. The van der Waals surface area contributed by atoms with E-state index in [0.717, 1.165) is 26.5 Å². The van der Waals surface area contributed by atoms with Crippen LogP contribution in [-0.4, -0.2) is 40.7 Å². The minimum absolute atomic E-state index is 0.0101. The van der Waals surface area contributed by atoms with Gasteiger partial charge in [0, 0.05) is 12.1 Å². The number of nitrogens with zero attached hydrogens (tertiary/aromatic N) is 2. The van der Waals surface area contributed by atoms with Crippen LogP contribution in [0.5, 0.6) is 17.2 Å². The van der Waals surface area contributed by atoms with Gasteiger partial charge in [-0.1, -0.05) is 12.1 Å². The number of hydrogen-bond donors (Lipinski definition) is 0. The van der Waals surface area contributed by atoms with E-state index in [1.165, 1.54) is 17.0 Å². The summed E-state index contributed by atoms with van der Waals surface area (Å²) in [6, 6.07) is 17.3. The van der Waals surface area contributed by atoms with E-state index in [4.69, 9.17) is 14.2 Å². The highest BCUT2D eigenvalue weighted by Crippen LogP contribution is 2.38. The number of hydrogen-bond acceptors (Lipinski definition) is 8. The molecular formula is C28H25IN2O7S. The molecule has 11 heteroatoms. The lowest BCUT2D eigenvalue weighted by Gasteiger charge is -2.15. The summed E-state index contributed by atoms with van der Waals surface area (Å²) in [5.41, 5.74) is 2.52. The van der Waals surface area contributed by atoms with Gasteiger partial charge in [0.15, 0.2) is 11.5 Å². The monoisotopic (exact) mass is 660 g/mol. The first-order valence-electron chi connectivity index (χ1n) is 12.0. The Kier molecular flexibility index (Phi) is 9.46. The number of thioether (sulfide) groups is 1. The van der Waals surface area contributed by atoms with Gasteiger partial charge in [0.05, 0.1) is 26.6 Å². The van der Waals surface area contributed by atoms with Crippen molar-refractivity contribution >= 4 is 57.3 Å². The van der Waals surface area contributed by atoms with Gasteiger partial charge in [-0.25, -0.2) is 0 Å². The van der Waals surface area contributed by atoms with Gasteiger partial charge in [0.2, 0.25) is 0 Å². The number of imide groups is 1. The Labute approximate surface area is 243 Å². The van der Waals surface area contributed by atoms with E-state index in [0.29, 0.717) is 34.3 Å². The van der Waals surface area contributed by atoms with Crippen molar-refractivity contribution in [3.63, 3.8) is 0 Å². The molecule has 0 spiro atoms. The van der Waals surface area contributed by atoms with Gasteiger partial charge in [-0.05, 0) is 107 Å². The third-order valence-corrected chi connectivity index (χ3v) is 7.32. The summed E-state index contributed by atoms with van der Waals surface area (Å²) in [5.74, 6) is 1.33. The Bertz CT molecular complexity index is 1430. The summed E-state index contributed by atoms with van der Waals surface area (Å²) in [6.07, 6.45) is 1.66. The van der Waals surface area contributed by atoms with Crippen molar-refractivity contribution in [2.45, 2.75) is 20.5 Å². The molecule has 0 unspecified atom stereocenters. The molecule has 39 heavy (non-hydrogen) atoms. The van der Waals surface area contributed by atoms with Gasteiger partial charge in [-0.2, -0.15) is 0 Å². The zero-order valence-electron chi connectivity index (χ0n) is 21.2. The molecule has 3 aromatic carbocycles. The van der Waals surface area contributed by atoms with Crippen LogP contribution >= 0.6 is 34.4 Å². The molecule has 0 saturated carbocycles. The standard InChI is InChI=1S/C28H25IN2O7S/c1-3-36-24-15-20(14-23(29)26(24)38-17-19-7-9-21(10-8-19)31(34)35)16-25-27(32)30(28(33)39-25)11-12-37-22-6-4-5-18(2)13-22/h4-10,13-16H,3,11-12,17H2,1-2H3/b25-16-. The zero-order chi connectivity index (χ0) is 27.9. The molecule has 0 atom stereocenters. The summed E-state index contributed by atoms with van der Waals surface area (Å²) in [5, 5.41) is 10.5. The molecule has 202 valence electrons. The lowest BCUT2D eigenvalue weighted by atomic mass is 10.1. The number of nitro groups is 1. The minimum atomic E-state index is -0.451. The molecule has 0 aromatic heterocycles. The number of carbonyl (C=O) groups excluding carboxylic acids is 2. The molecule has 1 saturated heterocycles. The average Bonchev–Trinajstić information content (AvgIpc) is 3.16. The van der Waals surface area contributed by atoms with E-state index in [2.05, 4.69) is 22.6 Å². The summed E-state index contributed by atoms with van der Waals surface area (Å²) in [6.45, 7) is 4.74. The summed E-state index contributed by atoms with van der Waals surface area (Å²) >= 11 is 3.01. The highest BCUT2D eigenvalue weighted by molar-refractivity contribution is 14.1. The topological polar surface area (TPSA) is 108 Å². The molecule has 1 fully saturated rings. The van der Waals surface area contributed by atoms with Crippen LogP contribution in [0.3, 0.4) is 0 Å². The fourth-order valence-electron chi connectivity index (χ4n) is 3.75. The van der Waals surface area contributed by atoms with Crippen molar-refractivity contribution in [1.82, 2.24) is 4.90 Å². The average molecular weight is 660 g/mol. The molecule has 2 amide bonds. The first kappa shape index (κ1) is 28.4. The van der Waals surface area contributed by atoms with Crippen molar-refractivity contribution in [2.24, 2.45) is 0 Å². The fraction of sp³-hybridized carbons (Fsp3) is 0.214.